The van der Waals surface area contributed by atoms with Crippen LogP contribution in [0, 0.1) is 0 Å². The van der Waals surface area contributed by atoms with Crippen molar-refractivity contribution >= 4 is 50.3 Å². The van der Waals surface area contributed by atoms with Crippen molar-refractivity contribution in [1.29, 1.82) is 0 Å². The van der Waals surface area contributed by atoms with E-state index in [1.54, 1.807) is 6.08 Å². The highest BCUT2D eigenvalue weighted by Gasteiger charge is 2.33. The molecule has 1 heterocycles. The van der Waals surface area contributed by atoms with E-state index in [9.17, 15) is 14.7 Å². The number of hydrogen-bond acceptors (Lipinski definition) is 4. The molecule has 0 spiro atoms. The number of hydrogen-bond donors (Lipinski definition) is 3. The van der Waals surface area contributed by atoms with E-state index in [0.717, 1.165) is 37.4 Å². The van der Waals surface area contributed by atoms with Crippen molar-refractivity contribution in [3.05, 3.63) is 65.9 Å². The van der Waals surface area contributed by atoms with Gasteiger partial charge in [0, 0.05) is 6.54 Å². The number of imide groups is 1. The third-order valence-corrected chi connectivity index (χ3v) is 5.72. The number of carbonyl (C=O) groups is 2. The molecule has 1 fully saturated rings. The summed E-state index contributed by atoms with van der Waals surface area (Å²) in [4.78, 5) is 26.0. The van der Waals surface area contributed by atoms with Crippen LogP contribution in [0.5, 0.6) is 0 Å². The normalized spacial score (nSPS) is 17.0. The lowest BCUT2D eigenvalue weighted by Gasteiger charge is -2.14. The van der Waals surface area contributed by atoms with Gasteiger partial charge in [0.2, 0.25) is 0 Å². The summed E-state index contributed by atoms with van der Waals surface area (Å²) >= 11 is 0. The second-order valence-corrected chi connectivity index (χ2v) is 7.58. The molecule has 0 radical (unpaired) electrons. The molecule has 150 valence electrons. The van der Waals surface area contributed by atoms with E-state index in [1.807, 2.05) is 24.3 Å². The summed E-state index contributed by atoms with van der Waals surface area (Å²) in [5.74, 6) is -0.434. The highest BCUT2D eigenvalue weighted by Crippen LogP contribution is 2.36. The molecule has 1 atom stereocenters. The predicted molar refractivity (Wildman–Crippen MR) is 116 cm³/mol. The van der Waals surface area contributed by atoms with E-state index in [4.69, 9.17) is 5.11 Å². The molecule has 1 aliphatic rings. The maximum absolute atomic E-state index is 12.7. The largest absolute Gasteiger partial charge is 0.394 e. The second-order valence-electron chi connectivity index (χ2n) is 7.58. The van der Waals surface area contributed by atoms with Crippen molar-refractivity contribution in [2.24, 2.45) is 0 Å². The first kappa shape index (κ1) is 18.5. The quantitative estimate of drug-likeness (QED) is 0.273. The molecule has 0 bridgehead atoms. The number of urea groups is 1. The molecule has 4 aromatic carbocycles. The topological polar surface area (TPSA) is 89.9 Å². The highest BCUT2D eigenvalue weighted by molar-refractivity contribution is 6.24. The Labute approximate surface area is 172 Å². The first-order chi connectivity index (χ1) is 14.6. The number of aliphatic hydroxyl groups is 2. The average molecular weight is 400 g/mol. The van der Waals surface area contributed by atoms with Crippen molar-refractivity contribution < 1.29 is 19.8 Å². The Morgan fingerprint density at radius 1 is 0.933 bits per heavy atom. The Kier molecular flexibility index (Phi) is 4.38. The number of aliphatic hydroxyl groups excluding tert-OH is 2. The fraction of sp³-hybridized carbons (Fsp3) is 0.167. The van der Waals surface area contributed by atoms with Crippen LogP contribution in [0.15, 0.2) is 60.3 Å². The Hall–Kier alpha value is -3.48. The van der Waals surface area contributed by atoms with Crippen LogP contribution in [-0.2, 0) is 4.79 Å². The van der Waals surface area contributed by atoms with Gasteiger partial charge >= 0.3 is 6.03 Å². The number of rotatable bonds is 5. The van der Waals surface area contributed by atoms with Gasteiger partial charge < -0.3 is 15.5 Å². The van der Waals surface area contributed by atoms with Gasteiger partial charge in [-0.05, 0) is 50.4 Å². The summed E-state index contributed by atoms with van der Waals surface area (Å²) in [7, 11) is 0. The standard InChI is InChI=1S/C24H20N2O4/c27-13-18(28)10-11-26-23(29)20(25-24(26)30)12-17-7-6-16-5-4-14-2-1-3-15-8-9-19(17)22(16)21(14)15/h1-9,12,18,27-28H,10-11,13H2,(H,25,30)/b20-12-/t18-/m0/s1. The Morgan fingerprint density at radius 2 is 1.60 bits per heavy atom. The van der Waals surface area contributed by atoms with Gasteiger partial charge in [0.05, 0.1) is 12.7 Å². The van der Waals surface area contributed by atoms with Crippen LogP contribution in [0.4, 0.5) is 4.79 Å². The van der Waals surface area contributed by atoms with Gasteiger partial charge in [-0.3, -0.25) is 9.69 Å². The van der Waals surface area contributed by atoms with E-state index < -0.39 is 24.6 Å². The third kappa shape index (κ3) is 2.89. The summed E-state index contributed by atoms with van der Waals surface area (Å²) < 4.78 is 0. The summed E-state index contributed by atoms with van der Waals surface area (Å²) in [6.07, 6.45) is 0.868. The summed E-state index contributed by atoms with van der Waals surface area (Å²) in [5, 5.41) is 27.9. The average Bonchev–Trinajstić information content (AvgIpc) is 3.03. The predicted octanol–water partition coefficient (Wildman–Crippen LogP) is 3.22. The van der Waals surface area contributed by atoms with Crippen LogP contribution in [0.25, 0.3) is 38.4 Å². The molecule has 5 rings (SSSR count). The fourth-order valence-electron chi connectivity index (χ4n) is 4.18. The van der Waals surface area contributed by atoms with Gasteiger partial charge in [-0.1, -0.05) is 54.6 Å². The van der Waals surface area contributed by atoms with Crippen LogP contribution in [0.2, 0.25) is 0 Å². The van der Waals surface area contributed by atoms with Crippen LogP contribution >= 0.6 is 0 Å². The van der Waals surface area contributed by atoms with Crippen molar-refractivity contribution in [2.75, 3.05) is 13.2 Å². The molecular weight excluding hydrogens is 380 g/mol. The molecule has 0 aromatic heterocycles. The van der Waals surface area contributed by atoms with Crippen molar-refractivity contribution in [3.8, 4) is 0 Å². The summed E-state index contributed by atoms with van der Waals surface area (Å²) in [6, 6.07) is 18.0. The minimum Gasteiger partial charge on any atom is -0.394 e. The van der Waals surface area contributed by atoms with Crippen LogP contribution in [0.1, 0.15) is 12.0 Å². The van der Waals surface area contributed by atoms with E-state index in [0.29, 0.717) is 0 Å². The minimum absolute atomic E-state index is 0.0439. The Bertz CT molecular complexity index is 1310. The number of nitrogens with zero attached hydrogens (tertiary/aromatic N) is 1. The van der Waals surface area contributed by atoms with E-state index in [-0.39, 0.29) is 18.7 Å². The zero-order valence-corrected chi connectivity index (χ0v) is 16.1. The molecule has 4 aromatic rings. The van der Waals surface area contributed by atoms with Gasteiger partial charge in [-0.25, -0.2) is 4.79 Å². The first-order valence-electron chi connectivity index (χ1n) is 9.87. The minimum atomic E-state index is -0.962. The maximum atomic E-state index is 12.7. The maximum Gasteiger partial charge on any atom is 0.329 e. The fourth-order valence-corrected chi connectivity index (χ4v) is 4.18. The highest BCUT2D eigenvalue weighted by atomic mass is 16.3. The molecule has 6 nitrogen and oxygen atoms in total. The number of carbonyl (C=O) groups excluding carboxylic acids is 2. The van der Waals surface area contributed by atoms with Gasteiger partial charge in [0.1, 0.15) is 5.70 Å². The van der Waals surface area contributed by atoms with Gasteiger partial charge in [-0.2, -0.15) is 0 Å². The Balaban J connectivity index is 1.57. The molecule has 30 heavy (non-hydrogen) atoms. The van der Waals surface area contributed by atoms with E-state index in [2.05, 4.69) is 35.6 Å². The van der Waals surface area contributed by atoms with Gasteiger partial charge in [0.15, 0.2) is 0 Å². The molecule has 0 unspecified atom stereocenters. The molecule has 3 N–H and O–H groups in total. The van der Waals surface area contributed by atoms with Crippen molar-refractivity contribution in [1.82, 2.24) is 10.2 Å². The monoisotopic (exact) mass is 400 g/mol. The molecule has 3 amide bonds. The molecule has 1 aliphatic heterocycles. The summed E-state index contributed by atoms with van der Waals surface area (Å²) in [6.45, 7) is -0.364. The van der Waals surface area contributed by atoms with E-state index in [1.165, 1.54) is 5.39 Å². The number of nitrogens with one attached hydrogen (secondary N) is 1. The zero-order valence-electron chi connectivity index (χ0n) is 16.1. The van der Waals surface area contributed by atoms with Gasteiger partial charge in [-0.15, -0.1) is 0 Å². The number of benzene rings is 4. The van der Waals surface area contributed by atoms with Crippen LogP contribution in [-0.4, -0.2) is 46.3 Å². The van der Waals surface area contributed by atoms with Crippen LogP contribution < -0.4 is 5.32 Å². The molecule has 6 heteroatoms. The molecular formula is C24H20N2O4. The number of amides is 3. The van der Waals surface area contributed by atoms with Crippen LogP contribution in [0.3, 0.4) is 0 Å². The lowest BCUT2D eigenvalue weighted by atomic mass is 9.92. The summed E-state index contributed by atoms with van der Waals surface area (Å²) in [5.41, 5.74) is 1.05. The zero-order chi connectivity index (χ0) is 20.8. The Morgan fingerprint density at radius 3 is 2.33 bits per heavy atom. The lowest BCUT2D eigenvalue weighted by Crippen LogP contribution is -2.34. The second kappa shape index (κ2) is 7.09. The smallest absolute Gasteiger partial charge is 0.329 e. The SMILES string of the molecule is O=C1N/C(=C\c2ccc3ccc4cccc5ccc2c3c45)C(=O)N1CC[C@H](O)CO. The van der Waals surface area contributed by atoms with E-state index >= 15 is 0 Å². The lowest BCUT2D eigenvalue weighted by molar-refractivity contribution is -0.123. The molecule has 0 saturated carbocycles. The molecule has 1 saturated heterocycles. The first-order valence-corrected chi connectivity index (χ1v) is 9.87. The third-order valence-electron chi connectivity index (χ3n) is 5.72. The van der Waals surface area contributed by atoms with Crippen molar-refractivity contribution in [3.63, 3.8) is 0 Å². The van der Waals surface area contributed by atoms with Gasteiger partial charge in [0.25, 0.3) is 5.91 Å². The molecule has 0 aliphatic carbocycles. The van der Waals surface area contributed by atoms with Crippen molar-refractivity contribution in [2.45, 2.75) is 12.5 Å².